The summed E-state index contributed by atoms with van der Waals surface area (Å²) in [7, 11) is 0. The number of hydrogen-bond acceptors (Lipinski definition) is 6. The monoisotopic (exact) mass is 358 g/mol. The maximum atomic E-state index is 12.6. The van der Waals surface area contributed by atoms with Crippen molar-refractivity contribution in [3.8, 4) is 0 Å². The molecule has 0 bridgehead atoms. The van der Waals surface area contributed by atoms with E-state index in [0.717, 1.165) is 45.0 Å². The van der Waals surface area contributed by atoms with E-state index >= 15 is 0 Å². The predicted molar refractivity (Wildman–Crippen MR) is 96.6 cm³/mol. The van der Waals surface area contributed by atoms with Crippen LogP contribution in [0.4, 0.5) is 5.95 Å². The Bertz CT molecular complexity index is 634. The molecule has 3 aliphatic rings. The van der Waals surface area contributed by atoms with Gasteiger partial charge in [-0.15, -0.1) is 0 Å². The number of amides is 2. The molecule has 1 saturated carbocycles. The van der Waals surface area contributed by atoms with Gasteiger partial charge in [0, 0.05) is 70.7 Å². The fourth-order valence-electron chi connectivity index (χ4n) is 3.62. The van der Waals surface area contributed by atoms with Crippen LogP contribution in [0.5, 0.6) is 0 Å². The Morgan fingerprint density at radius 1 is 0.885 bits per heavy atom. The molecule has 3 fully saturated rings. The lowest BCUT2D eigenvalue weighted by Gasteiger charge is -2.38. The Kier molecular flexibility index (Phi) is 5.01. The van der Waals surface area contributed by atoms with Crippen molar-refractivity contribution in [2.24, 2.45) is 5.92 Å². The Morgan fingerprint density at radius 2 is 1.50 bits per heavy atom. The topological polar surface area (TPSA) is 72.9 Å². The van der Waals surface area contributed by atoms with Crippen molar-refractivity contribution in [3.05, 3.63) is 18.5 Å². The quantitative estimate of drug-likeness (QED) is 0.735. The Balaban J connectivity index is 1.20. The van der Waals surface area contributed by atoms with Crippen molar-refractivity contribution in [1.82, 2.24) is 24.7 Å². The molecule has 0 spiro atoms. The zero-order chi connectivity index (χ0) is 17.9. The maximum Gasteiger partial charge on any atom is 0.236 e. The average Bonchev–Trinajstić information content (AvgIpc) is 3.54. The SMILES string of the molecule is O=C(CN1CCN(c2ncccn2)CC1)N1CCN(C(=O)C2CC2)CC1. The molecule has 1 aliphatic carbocycles. The van der Waals surface area contributed by atoms with Gasteiger partial charge in [-0.2, -0.15) is 0 Å². The Labute approximate surface area is 153 Å². The lowest BCUT2D eigenvalue weighted by atomic mass is 10.2. The van der Waals surface area contributed by atoms with Gasteiger partial charge in [0.05, 0.1) is 6.54 Å². The Hall–Kier alpha value is -2.22. The highest BCUT2D eigenvalue weighted by Crippen LogP contribution is 2.31. The van der Waals surface area contributed by atoms with Crippen LogP contribution in [0.2, 0.25) is 0 Å². The van der Waals surface area contributed by atoms with Crippen LogP contribution in [0, 0.1) is 5.92 Å². The van der Waals surface area contributed by atoms with E-state index < -0.39 is 0 Å². The molecule has 1 aromatic rings. The van der Waals surface area contributed by atoms with E-state index in [0.29, 0.717) is 32.7 Å². The van der Waals surface area contributed by atoms with E-state index in [-0.39, 0.29) is 17.7 Å². The van der Waals surface area contributed by atoms with Crippen molar-refractivity contribution in [3.63, 3.8) is 0 Å². The predicted octanol–water partition coefficient (Wildman–Crippen LogP) is -0.321. The number of hydrogen-bond donors (Lipinski definition) is 0. The van der Waals surface area contributed by atoms with Crippen LogP contribution in [0.25, 0.3) is 0 Å². The second-order valence-corrected chi connectivity index (χ2v) is 7.29. The van der Waals surface area contributed by atoms with Gasteiger partial charge in [-0.25, -0.2) is 9.97 Å². The number of carbonyl (C=O) groups is 2. The van der Waals surface area contributed by atoms with E-state index in [4.69, 9.17) is 0 Å². The van der Waals surface area contributed by atoms with Crippen LogP contribution >= 0.6 is 0 Å². The molecular formula is C18H26N6O2. The summed E-state index contributed by atoms with van der Waals surface area (Å²) in [5.74, 6) is 1.49. The molecule has 26 heavy (non-hydrogen) atoms. The van der Waals surface area contributed by atoms with Gasteiger partial charge in [-0.3, -0.25) is 14.5 Å². The molecule has 2 amide bonds. The number of piperazine rings is 2. The van der Waals surface area contributed by atoms with Crippen molar-refractivity contribution in [2.45, 2.75) is 12.8 Å². The Morgan fingerprint density at radius 3 is 2.12 bits per heavy atom. The van der Waals surface area contributed by atoms with E-state index in [1.54, 1.807) is 12.4 Å². The van der Waals surface area contributed by atoms with Crippen molar-refractivity contribution >= 4 is 17.8 Å². The van der Waals surface area contributed by atoms with Gasteiger partial charge in [0.2, 0.25) is 17.8 Å². The number of carbonyl (C=O) groups excluding carboxylic acids is 2. The minimum Gasteiger partial charge on any atom is -0.339 e. The molecule has 2 saturated heterocycles. The highest BCUT2D eigenvalue weighted by molar-refractivity contribution is 5.82. The maximum absolute atomic E-state index is 12.6. The van der Waals surface area contributed by atoms with Crippen molar-refractivity contribution in [1.29, 1.82) is 0 Å². The van der Waals surface area contributed by atoms with Gasteiger partial charge in [0.1, 0.15) is 0 Å². The van der Waals surface area contributed by atoms with Crippen LogP contribution in [-0.2, 0) is 9.59 Å². The van der Waals surface area contributed by atoms with Crippen LogP contribution in [-0.4, -0.2) is 95.4 Å². The molecule has 8 nitrogen and oxygen atoms in total. The molecule has 0 unspecified atom stereocenters. The molecule has 0 aromatic carbocycles. The number of aromatic nitrogens is 2. The second kappa shape index (κ2) is 7.57. The summed E-state index contributed by atoms with van der Waals surface area (Å²) in [6.07, 6.45) is 5.59. The van der Waals surface area contributed by atoms with Gasteiger partial charge in [0.25, 0.3) is 0 Å². The highest BCUT2D eigenvalue weighted by atomic mass is 16.2. The van der Waals surface area contributed by atoms with Crippen LogP contribution < -0.4 is 4.90 Å². The van der Waals surface area contributed by atoms with Gasteiger partial charge < -0.3 is 14.7 Å². The molecule has 0 atom stereocenters. The molecular weight excluding hydrogens is 332 g/mol. The smallest absolute Gasteiger partial charge is 0.236 e. The molecule has 3 heterocycles. The summed E-state index contributed by atoms with van der Waals surface area (Å²) in [6.45, 7) is 6.49. The molecule has 0 N–H and O–H groups in total. The second-order valence-electron chi connectivity index (χ2n) is 7.29. The summed E-state index contributed by atoms with van der Waals surface area (Å²) < 4.78 is 0. The number of nitrogens with zero attached hydrogens (tertiary/aromatic N) is 6. The molecule has 140 valence electrons. The lowest BCUT2D eigenvalue weighted by molar-refractivity contribution is -0.140. The number of rotatable bonds is 4. The standard InChI is InChI=1S/C18H26N6O2/c25-16(22-10-12-23(13-11-22)17(26)15-2-3-15)14-21-6-8-24(9-7-21)18-19-4-1-5-20-18/h1,4-5,15H,2-3,6-14H2. The lowest BCUT2D eigenvalue weighted by Crippen LogP contribution is -2.55. The zero-order valence-electron chi connectivity index (χ0n) is 15.1. The minimum atomic E-state index is 0.174. The van der Waals surface area contributed by atoms with Gasteiger partial charge in [-0.1, -0.05) is 0 Å². The van der Waals surface area contributed by atoms with Crippen molar-refractivity contribution < 1.29 is 9.59 Å². The third-order valence-corrected chi connectivity index (χ3v) is 5.44. The van der Waals surface area contributed by atoms with E-state index in [2.05, 4.69) is 19.8 Å². The van der Waals surface area contributed by atoms with E-state index in [9.17, 15) is 9.59 Å². The fourth-order valence-corrected chi connectivity index (χ4v) is 3.62. The highest BCUT2D eigenvalue weighted by Gasteiger charge is 2.35. The molecule has 4 rings (SSSR count). The van der Waals surface area contributed by atoms with Gasteiger partial charge in [-0.05, 0) is 18.9 Å². The molecule has 0 radical (unpaired) electrons. The molecule has 8 heteroatoms. The fraction of sp³-hybridized carbons (Fsp3) is 0.667. The summed E-state index contributed by atoms with van der Waals surface area (Å²) in [5.41, 5.74) is 0. The molecule has 2 aliphatic heterocycles. The summed E-state index contributed by atoms with van der Waals surface area (Å²) >= 11 is 0. The zero-order valence-corrected chi connectivity index (χ0v) is 15.1. The first-order valence-electron chi connectivity index (χ1n) is 9.51. The summed E-state index contributed by atoms with van der Waals surface area (Å²) in [4.78, 5) is 41.5. The third-order valence-electron chi connectivity index (χ3n) is 5.44. The van der Waals surface area contributed by atoms with E-state index in [1.165, 1.54) is 0 Å². The van der Waals surface area contributed by atoms with Gasteiger partial charge >= 0.3 is 0 Å². The average molecular weight is 358 g/mol. The first-order valence-corrected chi connectivity index (χ1v) is 9.51. The largest absolute Gasteiger partial charge is 0.339 e. The summed E-state index contributed by atoms with van der Waals surface area (Å²) in [6, 6.07) is 1.82. The number of anilines is 1. The van der Waals surface area contributed by atoms with Crippen molar-refractivity contribution in [2.75, 3.05) is 63.8 Å². The van der Waals surface area contributed by atoms with E-state index in [1.807, 2.05) is 15.9 Å². The van der Waals surface area contributed by atoms with Crippen LogP contribution in [0.3, 0.4) is 0 Å². The van der Waals surface area contributed by atoms with Crippen LogP contribution in [0.15, 0.2) is 18.5 Å². The normalized spacial score (nSPS) is 21.8. The summed E-state index contributed by atoms with van der Waals surface area (Å²) in [5, 5.41) is 0. The van der Waals surface area contributed by atoms with Crippen LogP contribution in [0.1, 0.15) is 12.8 Å². The third kappa shape index (κ3) is 3.95. The first kappa shape index (κ1) is 17.2. The molecule has 1 aromatic heterocycles. The minimum absolute atomic E-state index is 0.174. The van der Waals surface area contributed by atoms with Gasteiger partial charge in [0.15, 0.2) is 0 Å². The first-order chi connectivity index (χ1) is 12.7.